The van der Waals surface area contributed by atoms with Gasteiger partial charge in [-0.1, -0.05) is 0 Å². The van der Waals surface area contributed by atoms with Crippen LogP contribution in [0.1, 0.15) is 11.3 Å². The molecule has 0 atom stereocenters. The highest BCUT2D eigenvalue weighted by Gasteiger charge is 2.43. The number of aromatic amines is 1. The zero-order valence-electron chi connectivity index (χ0n) is 16.3. The highest BCUT2D eigenvalue weighted by Crippen LogP contribution is 2.43. The molecule has 0 saturated carbocycles. The van der Waals surface area contributed by atoms with Crippen molar-refractivity contribution >= 4 is 34.2 Å². The first-order chi connectivity index (χ1) is 15.4. The number of rotatable bonds is 4. The number of anilines is 1. The van der Waals surface area contributed by atoms with Crippen molar-refractivity contribution in [1.29, 1.82) is 0 Å². The van der Waals surface area contributed by atoms with Gasteiger partial charge >= 0.3 is 6.29 Å². The summed E-state index contributed by atoms with van der Waals surface area (Å²) in [5.41, 5.74) is 3.57. The molecule has 0 spiro atoms. The van der Waals surface area contributed by atoms with E-state index in [1.54, 1.807) is 0 Å². The number of benzene rings is 2. The van der Waals surface area contributed by atoms with Crippen LogP contribution in [0.5, 0.6) is 17.2 Å². The number of nitrogens with zero attached hydrogens (tertiary/aromatic N) is 2. The van der Waals surface area contributed by atoms with Gasteiger partial charge in [0, 0.05) is 29.5 Å². The van der Waals surface area contributed by atoms with Crippen molar-refractivity contribution in [3.05, 3.63) is 47.0 Å². The lowest BCUT2D eigenvalue weighted by Crippen LogP contribution is -2.25. The first-order valence-electron chi connectivity index (χ1n) is 9.72. The lowest BCUT2D eigenvalue weighted by Gasteiger charge is -2.04. The molecule has 0 bridgehead atoms. The van der Waals surface area contributed by atoms with Gasteiger partial charge < -0.3 is 19.2 Å². The molecule has 1 amide bonds. The molecule has 0 aliphatic carbocycles. The van der Waals surface area contributed by atoms with Crippen LogP contribution in [-0.4, -0.2) is 33.8 Å². The molecule has 0 radical (unpaired) electrons. The van der Waals surface area contributed by atoms with Crippen molar-refractivity contribution < 1.29 is 27.8 Å². The van der Waals surface area contributed by atoms with Gasteiger partial charge in [-0.25, -0.2) is 9.97 Å². The standard InChI is InChI=1S/C21H14F2N4O4S/c22-21(23)30-16-7-13-14(8-17(16)31-21)26-20(25-13)27-18(28)6-12-9-32-19(24-12)11-1-2-15-10(5-11)3-4-29-15/h1-2,5,7-9H,3-4,6H2,(H2,25,26,27,28). The zero-order chi connectivity index (χ0) is 21.9. The van der Waals surface area contributed by atoms with E-state index in [1.165, 1.54) is 23.5 Å². The lowest BCUT2D eigenvalue weighted by atomic mass is 10.1. The largest absolute Gasteiger partial charge is 0.586 e. The van der Waals surface area contributed by atoms with Gasteiger partial charge in [0.1, 0.15) is 10.8 Å². The Morgan fingerprint density at radius 3 is 2.88 bits per heavy atom. The monoisotopic (exact) mass is 456 g/mol. The van der Waals surface area contributed by atoms with Crippen LogP contribution in [0, 0.1) is 0 Å². The summed E-state index contributed by atoms with van der Waals surface area (Å²) in [6.45, 7) is 0.693. The SMILES string of the molecule is O=C(Cc1csc(-c2ccc3c(c2)CCO3)n1)Nc1nc2cc3c(cc2[nH]1)OC(F)(F)O3. The summed E-state index contributed by atoms with van der Waals surface area (Å²) >= 11 is 1.47. The molecule has 11 heteroatoms. The third-order valence-electron chi connectivity index (χ3n) is 5.09. The number of aromatic nitrogens is 3. The van der Waals surface area contributed by atoms with Crippen LogP contribution in [0.15, 0.2) is 35.7 Å². The van der Waals surface area contributed by atoms with Gasteiger partial charge in [0.15, 0.2) is 11.5 Å². The van der Waals surface area contributed by atoms with E-state index in [0.29, 0.717) is 23.3 Å². The Morgan fingerprint density at radius 2 is 2.00 bits per heavy atom. The fraction of sp³-hybridized carbons (Fsp3) is 0.190. The van der Waals surface area contributed by atoms with Gasteiger partial charge in [0.2, 0.25) is 11.9 Å². The van der Waals surface area contributed by atoms with E-state index < -0.39 is 6.29 Å². The van der Waals surface area contributed by atoms with Crippen LogP contribution in [0.25, 0.3) is 21.6 Å². The second kappa shape index (κ2) is 6.89. The van der Waals surface area contributed by atoms with Crippen LogP contribution in [-0.2, 0) is 17.6 Å². The van der Waals surface area contributed by atoms with Crippen molar-refractivity contribution in [2.45, 2.75) is 19.1 Å². The number of H-pyrrole nitrogens is 1. The van der Waals surface area contributed by atoms with Gasteiger partial charge in [0.05, 0.1) is 29.8 Å². The Morgan fingerprint density at radius 1 is 1.16 bits per heavy atom. The van der Waals surface area contributed by atoms with Crippen molar-refractivity contribution in [2.75, 3.05) is 11.9 Å². The van der Waals surface area contributed by atoms with Crippen LogP contribution < -0.4 is 19.5 Å². The summed E-state index contributed by atoms with van der Waals surface area (Å²) in [4.78, 5) is 24.1. The molecule has 32 heavy (non-hydrogen) atoms. The van der Waals surface area contributed by atoms with Gasteiger partial charge in [-0.3, -0.25) is 10.1 Å². The summed E-state index contributed by atoms with van der Waals surface area (Å²) in [5, 5.41) is 5.34. The molecule has 0 fully saturated rings. The molecular formula is C21H14F2N4O4S. The van der Waals surface area contributed by atoms with Crippen molar-refractivity contribution in [1.82, 2.24) is 15.0 Å². The summed E-state index contributed by atoms with van der Waals surface area (Å²) < 4.78 is 40.7. The first kappa shape index (κ1) is 19.0. The van der Waals surface area contributed by atoms with E-state index in [0.717, 1.165) is 28.3 Å². The van der Waals surface area contributed by atoms with E-state index in [2.05, 4.69) is 35.8 Å². The number of carbonyl (C=O) groups is 1. The predicted octanol–water partition coefficient (Wildman–Crippen LogP) is 4.12. The van der Waals surface area contributed by atoms with Crippen LogP contribution in [0.2, 0.25) is 0 Å². The average molecular weight is 456 g/mol. The topological polar surface area (TPSA) is 98.4 Å². The summed E-state index contributed by atoms with van der Waals surface area (Å²) in [5.74, 6) is 0.578. The fourth-order valence-corrected chi connectivity index (χ4v) is 4.51. The predicted molar refractivity (Wildman–Crippen MR) is 111 cm³/mol. The Bertz CT molecular complexity index is 1340. The number of carbonyl (C=O) groups excluding carboxylic acids is 1. The van der Waals surface area contributed by atoms with E-state index in [1.807, 2.05) is 17.5 Å². The second-order valence-electron chi connectivity index (χ2n) is 7.36. The third-order valence-corrected chi connectivity index (χ3v) is 6.03. The van der Waals surface area contributed by atoms with Gasteiger partial charge in [-0.15, -0.1) is 20.1 Å². The molecule has 2 aromatic heterocycles. The summed E-state index contributed by atoms with van der Waals surface area (Å²) in [6.07, 6.45) is -2.75. The third kappa shape index (κ3) is 3.40. The highest BCUT2D eigenvalue weighted by atomic mass is 32.1. The second-order valence-corrected chi connectivity index (χ2v) is 8.22. The normalized spacial score (nSPS) is 15.6. The molecule has 2 aromatic carbocycles. The van der Waals surface area contributed by atoms with Crippen LogP contribution >= 0.6 is 11.3 Å². The molecular weight excluding hydrogens is 442 g/mol. The van der Waals surface area contributed by atoms with E-state index in [-0.39, 0.29) is 29.8 Å². The van der Waals surface area contributed by atoms with Crippen molar-refractivity contribution in [2.24, 2.45) is 0 Å². The lowest BCUT2D eigenvalue weighted by molar-refractivity contribution is -0.286. The molecule has 2 aliphatic rings. The Balaban J connectivity index is 1.15. The molecule has 2 aliphatic heterocycles. The minimum absolute atomic E-state index is 0.0660. The molecule has 4 aromatic rings. The number of nitrogens with one attached hydrogen (secondary N) is 2. The molecule has 162 valence electrons. The first-order valence-corrected chi connectivity index (χ1v) is 10.6. The zero-order valence-corrected chi connectivity index (χ0v) is 17.1. The quantitative estimate of drug-likeness (QED) is 0.479. The number of ether oxygens (including phenoxy) is 3. The summed E-state index contributed by atoms with van der Waals surface area (Å²) in [7, 11) is 0. The number of amides is 1. The fourth-order valence-electron chi connectivity index (χ4n) is 3.69. The number of fused-ring (bicyclic) bond motifs is 3. The number of alkyl halides is 2. The molecule has 2 N–H and O–H groups in total. The van der Waals surface area contributed by atoms with Crippen LogP contribution in [0.3, 0.4) is 0 Å². The smallest absolute Gasteiger partial charge is 0.493 e. The average Bonchev–Trinajstić information content (AvgIpc) is 3.49. The molecule has 0 saturated heterocycles. The molecule has 4 heterocycles. The minimum atomic E-state index is -3.70. The van der Waals surface area contributed by atoms with Gasteiger partial charge in [0.25, 0.3) is 0 Å². The minimum Gasteiger partial charge on any atom is -0.493 e. The maximum atomic E-state index is 13.2. The maximum Gasteiger partial charge on any atom is 0.586 e. The van der Waals surface area contributed by atoms with Crippen molar-refractivity contribution in [3.63, 3.8) is 0 Å². The highest BCUT2D eigenvalue weighted by molar-refractivity contribution is 7.13. The van der Waals surface area contributed by atoms with Crippen molar-refractivity contribution in [3.8, 4) is 27.8 Å². The Hall–Kier alpha value is -3.73. The molecule has 8 nitrogen and oxygen atoms in total. The van der Waals surface area contributed by atoms with E-state index in [9.17, 15) is 13.6 Å². The number of imidazole rings is 1. The molecule has 6 rings (SSSR count). The Labute approximate surface area is 183 Å². The van der Waals surface area contributed by atoms with E-state index in [4.69, 9.17) is 4.74 Å². The maximum absolute atomic E-state index is 13.2. The molecule has 0 unspecified atom stereocenters. The van der Waals surface area contributed by atoms with Gasteiger partial charge in [-0.2, -0.15) is 0 Å². The Kier molecular flexibility index (Phi) is 4.09. The number of thiazole rings is 1. The van der Waals surface area contributed by atoms with Gasteiger partial charge in [-0.05, 0) is 23.8 Å². The van der Waals surface area contributed by atoms with E-state index >= 15 is 0 Å². The summed E-state index contributed by atoms with van der Waals surface area (Å²) in [6, 6.07) is 8.65. The number of hydrogen-bond donors (Lipinski definition) is 2. The number of halogens is 2. The number of hydrogen-bond acceptors (Lipinski definition) is 7. The van der Waals surface area contributed by atoms with Crippen LogP contribution in [0.4, 0.5) is 14.7 Å².